The molecule has 1 aliphatic rings. The van der Waals surface area contributed by atoms with Gasteiger partial charge in [0.2, 0.25) is 0 Å². The van der Waals surface area contributed by atoms with E-state index in [4.69, 9.17) is 5.73 Å². The Bertz CT molecular complexity index is 402. The van der Waals surface area contributed by atoms with Gasteiger partial charge in [0.1, 0.15) is 0 Å². The maximum absolute atomic E-state index is 11.5. The molecule has 0 spiro atoms. The summed E-state index contributed by atoms with van der Waals surface area (Å²) in [6, 6.07) is 0.174. The van der Waals surface area contributed by atoms with Crippen LogP contribution >= 0.6 is 11.3 Å². The number of urea groups is 1. The molecular formula is C10H16N4OS. The molecule has 0 bridgehead atoms. The molecule has 2 amide bonds. The van der Waals surface area contributed by atoms with E-state index < -0.39 is 0 Å². The van der Waals surface area contributed by atoms with Crippen molar-refractivity contribution in [1.82, 2.24) is 15.2 Å². The largest absolute Gasteiger partial charge is 0.375 e. The van der Waals surface area contributed by atoms with E-state index in [-0.39, 0.29) is 12.1 Å². The first-order chi connectivity index (χ1) is 7.56. The molecular weight excluding hydrogens is 224 g/mol. The number of amides is 2. The Kier molecular flexibility index (Phi) is 3.00. The van der Waals surface area contributed by atoms with Crippen molar-refractivity contribution in [1.29, 1.82) is 0 Å². The number of aryl methyl sites for hydroxylation is 1. The zero-order chi connectivity index (χ0) is 11.7. The zero-order valence-electron chi connectivity index (χ0n) is 9.49. The van der Waals surface area contributed by atoms with Gasteiger partial charge in [0.15, 0.2) is 5.13 Å². The number of hydrogen-bond donors (Lipinski definition) is 2. The summed E-state index contributed by atoms with van der Waals surface area (Å²) >= 11 is 1.53. The number of carbonyl (C=O) groups is 1. The molecule has 2 rings (SSSR count). The Morgan fingerprint density at radius 3 is 3.06 bits per heavy atom. The summed E-state index contributed by atoms with van der Waals surface area (Å²) in [5.41, 5.74) is 6.77. The molecule has 1 aromatic rings. The molecule has 88 valence electrons. The van der Waals surface area contributed by atoms with Gasteiger partial charge < -0.3 is 16.0 Å². The van der Waals surface area contributed by atoms with Crippen LogP contribution in [0, 0.1) is 0 Å². The Balaban J connectivity index is 2.00. The number of carbonyl (C=O) groups excluding carboxylic acids is 1. The third-order valence-corrected chi connectivity index (χ3v) is 3.64. The summed E-state index contributed by atoms with van der Waals surface area (Å²) in [5, 5.41) is 3.62. The van der Waals surface area contributed by atoms with Crippen LogP contribution in [-0.2, 0) is 12.8 Å². The van der Waals surface area contributed by atoms with Gasteiger partial charge in [-0.15, -0.1) is 11.3 Å². The van der Waals surface area contributed by atoms with E-state index in [9.17, 15) is 4.79 Å². The quantitative estimate of drug-likeness (QED) is 0.764. The maximum Gasteiger partial charge on any atom is 0.317 e. The lowest BCUT2D eigenvalue weighted by Gasteiger charge is -2.24. The van der Waals surface area contributed by atoms with Gasteiger partial charge in [-0.1, -0.05) is 0 Å². The number of aromatic nitrogens is 1. The van der Waals surface area contributed by atoms with Crippen molar-refractivity contribution >= 4 is 22.5 Å². The summed E-state index contributed by atoms with van der Waals surface area (Å²) in [6.45, 7) is 0. The van der Waals surface area contributed by atoms with Crippen molar-refractivity contribution in [3.8, 4) is 0 Å². The summed E-state index contributed by atoms with van der Waals surface area (Å²) in [4.78, 5) is 18.5. The maximum atomic E-state index is 11.5. The van der Waals surface area contributed by atoms with Gasteiger partial charge >= 0.3 is 6.03 Å². The van der Waals surface area contributed by atoms with E-state index in [1.165, 1.54) is 16.2 Å². The first kappa shape index (κ1) is 11.2. The van der Waals surface area contributed by atoms with Crippen molar-refractivity contribution < 1.29 is 4.79 Å². The number of rotatable bonds is 1. The first-order valence-corrected chi connectivity index (χ1v) is 6.10. The minimum atomic E-state index is -0.0362. The molecule has 1 unspecified atom stereocenters. The second kappa shape index (κ2) is 4.29. The number of fused-ring (bicyclic) bond motifs is 1. The lowest BCUT2D eigenvalue weighted by atomic mass is 9.98. The summed E-state index contributed by atoms with van der Waals surface area (Å²) in [5.74, 6) is 0. The predicted molar refractivity (Wildman–Crippen MR) is 64.6 cm³/mol. The van der Waals surface area contributed by atoms with E-state index >= 15 is 0 Å². The third kappa shape index (κ3) is 2.27. The SMILES string of the molecule is CN(C)C(=O)NC1CCc2nc(N)sc2C1. The van der Waals surface area contributed by atoms with Crippen molar-refractivity contribution in [2.75, 3.05) is 19.8 Å². The van der Waals surface area contributed by atoms with E-state index in [1.54, 1.807) is 19.0 Å². The smallest absolute Gasteiger partial charge is 0.317 e. The Morgan fingerprint density at radius 2 is 2.38 bits per heavy atom. The fourth-order valence-corrected chi connectivity index (χ4v) is 2.78. The second-order valence-corrected chi connectivity index (χ2v) is 5.32. The lowest BCUT2D eigenvalue weighted by Crippen LogP contribution is -2.43. The average Bonchev–Trinajstić information content (AvgIpc) is 2.57. The van der Waals surface area contributed by atoms with Gasteiger partial charge in [-0.2, -0.15) is 0 Å². The van der Waals surface area contributed by atoms with Crippen LogP contribution in [0.1, 0.15) is 17.0 Å². The van der Waals surface area contributed by atoms with Gasteiger partial charge in [-0.05, 0) is 12.8 Å². The highest BCUT2D eigenvalue weighted by atomic mass is 32.1. The fraction of sp³-hybridized carbons (Fsp3) is 0.600. The number of nitrogens with zero attached hydrogens (tertiary/aromatic N) is 2. The Labute approximate surface area is 98.7 Å². The standard InChI is InChI=1S/C10H16N4OS/c1-14(2)10(15)12-6-3-4-7-8(5-6)16-9(11)13-7/h6H,3-5H2,1-2H3,(H2,11,13)(H,12,15). The van der Waals surface area contributed by atoms with Crippen LogP contribution in [0.4, 0.5) is 9.93 Å². The Hall–Kier alpha value is -1.30. The van der Waals surface area contributed by atoms with Gasteiger partial charge in [0.05, 0.1) is 5.69 Å². The van der Waals surface area contributed by atoms with Crippen molar-refractivity contribution in [3.05, 3.63) is 10.6 Å². The normalized spacial score (nSPS) is 19.0. The topological polar surface area (TPSA) is 71.2 Å². The lowest BCUT2D eigenvalue weighted by molar-refractivity contribution is 0.212. The minimum Gasteiger partial charge on any atom is -0.375 e. The highest BCUT2D eigenvalue weighted by Gasteiger charge is 2.23. The van der Waals surface area contributed by atoms with Crippen LogP contribution in [0.15, 0.2) is 0 Å². The second-order valence-electron chi connectivity index (χ2n) is 4.21. The van der Waals surface area contributed by atoms with E-state index in [0.29, 0.717) is 5.13 Å². The van der Waals surface area contributed by atoms with Crippen molar-refractivity contribution in [3.63, 3.8) is 0 Å². The molecule has 6 heteroatoms. The zero-order valence-corrected chi connectivity index (χ0v) is 10.3. The van der Waals surface area contributed by atoms with Gasteiger partial charge in [0, 0.05) is 31.4 Å². The molecule has 16 heavy (non-hydrogen) atoms. The monoisotopic (exact) mass is 240 g/mol. The molecule has 3 N–H and O–H groups in total. The van der Waals surface area contributed by atoms with Gasteiger partial charge in [0.25, 0.3) is 0 Å². The number of hydrogen-bond acceptors (Lipinski definition) is 4. The molecule has 0 saturated carbocycles. The van der Waals surface area contributed by atoms with Crippen LogP contribution in [-0.4, -0.2) is 36.1 Å². The molecule has 5 nitrogen and oxygen atoms in total. The number of anilines is 1. The number of nitrogens with two attached hydrogens (primary N) is 1. The number of nitrogen functional groups attached to an aromatic ring is 1. The number of thiazole rings is 1. The highest BCUT2D eigenvalue weighted by Crippen LogP contribution is 2.28. The summed E-state index contributed by atoms with van der Waals surface area (Å²) < 4.78 is 0. The first-order valence-electron chi connectivity index (χ1n) is 5.28. The molecule has 1 aromatic heterocycles. The minimum absolute atomic E-state index is 0.0362. The van der Waals surface area contributed by atoms with Crippen molar-refractivity contribution in [2.24, 2.45) is 0 Å². The molecule has 1 atom stereocenters. The van der Waals surface area contributed by atoms with E-state index in [1.807, 2.05) is 0 Å². The number of nitrogens with one attached hydrogen (secondary N) is 1. The van der Waals surface area contributed by atoms with Crippen LogP contribution < -0.4 is 11.1 Å². The molecule has 0 radical (unpaired) electrons. The molecule has 1 aliphatic carbocycles. The Morgan fingerprint density at radius 1 is 1.62 bits per heavy atom. The molecule has 0 saturated heterocycles. The summed E-state index contributed by atoms with van der Waals surface area (Å²) in [7, 11) is 3.49. The highest BCUT2D eigenvalue weighted by molar-refractivity contribution is 7.15. The predicted octanol–water partition coefficient (Wildman–Crippen LogP) is 0.854. The van der Waals surface area contributed by atoms with Crippen LogP contribution in [0.2, 0.25) is 0 Å². The fourth-order valence-electron chi connectivity index (χ4n) is 1.82. The van der Waals surface area contributed by atoms with Crippen molar-refractivity contribution in [2.45, 2.75) is 25.3 Å². The molecule has 0 aromatic carbocycles. The molecule has 0 aliphatic heterocycles. The van der Waals surface area contributed by atoms with Crippen LogP contribution in [0.3, 0.4) is 0 Å². The summed E-state index contributed by atoms with van der Waals surface area (Å²) in [6.07, 6.45) is 2.70. The average molecular weight is 240 g/mol. The van der Waals surface area contributed by atoms with E-state index in [2.05, 4.69) is 10.3 Å². The third-order valence-electron chi connectivity index (χ3n) is 2.69. The molecule has 1 heterocycles. The van der Waals surface area contributed by atoms with E-state index in [0.717, 1.165) is 25.0 Å². The molecule has 0 fully saturated rings. The van der Waals surface area contributed by atoms with Crippen LogP contribution in [0.25, 0.3) is 0 Å². The van der Waals surface area contributed by atoms with Gasteiger partial charge in [-0.3, -0.25) is 0 Å². The van der Waals surface area contributed by atoms with Crippen LogP contribution in [0.5, 0.6) is 0 Å². The van der Waals surface area contributed by atoms with Gasteiger partial charge in [-0.25, -0.2) is 9.78 Å².